The Balaban J connectivity index is 3.27. The van der Waals surface area contributed by atoms with Crippen LogP contribution in [-0.2, 0) is 14.6 Å². The van der Waals surface area contributed by atoms with E-state index in [0.29, 0.717) is 26.2 Å². The van der Waals surface area contributed by atoms with Crippen LogP contribution in [0.1, 0.15) is 19.8 Å². The molecule has 0 unspecified atom stereocenters. The zero-order valence-corrected chi connectivity index (χ0v) is 10.8. The highest BCUT2D eigenvalue weighted by Crippen LogP contribution is 1.92. The van der Waals surface area contributed by atoms with Gasteiger partial charge in [-0.15, -0.1) is 0 Å². The number of hydrogen-bond acceptors (Lipinski definition) is 5. The Kier molecular flexibility index (Phi) is 9.91. The van der Waals surface area contributed by atoms with Crippen molar-refractivity contribution in [2.75, 3.05) is 44.4 Å². The summed E-state index contributed by atoms with van der Waals surface area (Å²) in [5, 5.41) is 11.5. The smallest absolute Gasteiger partial charge is 0.151 e. The van der Waals surface area contributed by atoms with E-state index in [0.717, 1.165) is 13.0 Å². The minimum atomic E-state index is -2.86. The minimum absolute atomic E-state index is 0.0443. The summed E-state index contributed by atoms with van der Waals surface area (Å²) in [5.41, 5.74) is 0. The summed E-state index contributed by atoms with van der Waals surface area (Å²) < 4.78 is 27.7. The molecule has 2 N–H and O–H groups in total. The fraction of sp³-hybridized carbons (Fsp3) is 1.00. The number of nitrogens with one attached hydrogen (secondary N) is 1. The third-order valence-electron chi connectivity index (χ3n) is 1.98. The first kappa shape index (κ1) is 15.8. The van der Waals surface area contributed by atoms with Crippen LogP contribution in [-0.4, -0.2) is 57.9 Å². The molecule has 0 heterocycles. The van der Waals surface area contributed by atoms with E-state index in [1.165, 1.54) is 0 Å². The van der Waals surface area contributed by atoms with Crippen LogP contribution in [0.15, 0.2) is 0 Å². The molecular weight excluding hydrogens is 230 g/mol. The van der Waals surface area contributed by atoms with Gasteiger partial charge in [0, 0.05) is 18.9 Å². The lowest BCUT2D eigenvalue weighted by atomic mass is 10.4. The number of hydrogen-bond donors (Lipinski definition) is 2. The third kappa shape index (κ3) is 10.4. The third-order valence-corrected chi connectivity index (χ3v) is 3.84. The first-order chi connectivity index (χ1) is 7.62. The highest BCUT2D eigenvalue weighted by atomic mass is 32.2. The van der Waals surface area contributed by atoms with Crippen molar-refractivity contribution in [3.05, 3.63) is 0 Å². The largest absolute Gasteiger partial charge is 0.394 e. The van der Waals surface area contributed by atoms with Crippen LogP contribution in [0.4, 0.5) is 0 Å². The fourth-order valence-corrected chi connectivity index (χ4v) is 2.51. The highest BCUT2D eigenvalue weighted by Gasteiger charge is 2.07. The maximum Gasteiger partial charge on any atom is 0.151 e. The molecule has 0 aliphatic rings. The number of ether oxygens (including phenoxy) is 1. The van der Waals surface area contributed by atoms with Gasteiger partial charge in [0.2, 0.25) is 0 Å². The zero-order valence-electron chi connectivity index (χ0n) is 9.94. The van der Waals surface area contributed by atoms with Gasteiger partial charge in [-0.2, -0.15) is 0 Å². The van der Waals surface area contributed by atoms with Crippen molar-refractivity contribution < 1.29 is 18.3 Å². The predicted molar refractivity (Wildman–Crippen MR) is 64.3 cm³/mol. The molecule has 0 bridgehead atoms. The van der Waals surface area contributed by atoms with Crippen LogP contribution < -0.4 is 5.32 Å². The highest BCUT2D eigenvalue weighted by molar-refractivity contribution is 7.91. The molecule has 0 saturated carbocycles. The molecule has 0 aromatic heterocycles. The molecule has 0 aliphatic carbocycles. The van der Waals surface area contributed by atoms with Crippen LogP contribution >= 0.6 is 0 Å². The average molecular weight is 253 g/mol. The van der Waals surface area contributed by atoms with Gasteiger partial charge in [0.05, 0.1) is 19.0 Å². The molecule has 16 heavy (non-hydrogen) atoms. The maximum atomic E-state index is 11.3. The van der Waals surface area contributed by atoms with E-state index in [1.807, 2.05) is 6.92 Å². The van der Waals surface area contributed by atoms with Gasteiger partial charge in [-0.25, -0.2) is 8.42 Å². The van der Waals surface area contributed by atoms with Crippen LogP contribution in [0.3, 0.4) is 0 Å². The summed E-state index contributed by atoms with van der Waals surface area (Å²) in [5.74, 6) is 0.479. The van der Waals surface area contributed by atoms with Gasteiger partial charge in [0.15, 0.2) is 9.84 Å². The summed E-state index contributed by atoms with van der Waals surface area (Å²) >= 11 is 0. The van der Waals surface area contributed by atoms with Crippen LogP contribution in [0.25, 0.3) is 0 Å². The van der Waals surface area contributed by atoms with Crippen molar-refractivity contribution in [3.8, 4) is 0 Å². The Hall–Kier alpha value is -0.170. The van der Waals surface area contributed by atoms with Crippen molar-refractivity contribution in [3.63, 3.8) is 0 Å². The molecule has 0 aromatic rings. The molecular formula is C10H23NO4S. The zero-order chi connectivity index (χ0) is 12.3. The van der Waals surface area contributed by atoms with Crippen LogP contribution in [0.2, 0.25) is 0 Å². The Morgan fingerprint density at radius 2 is 1.94 bits per heavy atom. The average Bonchev–Trinajstić information content (AvgIpc) is 2.22. The molecule has 0 amide bonds. The standard InChI is InChI=1S/C10H23NO4S/c1-2-9-16(13,14)10-5-11-4-3-7-15-8-6-12/h11-12H,2-10H2,1H3. The van der Waals surface area contributed by atoms with Crippen molar-refractivity contribution in [2.45, 2.75) is 19.8 Å². The van der Waals surface area contributed by atoms with E-state index in [2.05, 4.69) is 5.32 Å². The summed E-state index contributed by atoms with van der Waals surface area (Å²) in [6.45, 7) is 4.11. The number of rotatable bonds is 11. The van der Waals surface area contributed by atoms with Gasteiger partial charge in [0.25, 0.3) is 0 Å². The fourth-order valence-electron chi connectivity index (χ4n) is 1.23. The first-order valence-electron chi connectivity index (χ1n) is 5.72. The summed E-state index contributed by atoms with van der Waals surface area (Å²) in [4.78, 5) is 0. The molecule has 0 spiro atoms. The number of aliphatic hydroxyl groups is 1. The first-order valence-corrected chi connectivity index (χ1v) is 7.54. The predicted octanol–water partition coefficient (Wildman–Crippen LogP) is -0.200. The molecule has 0 rings (SSSR count). The second-order valence-electron chi connectivity index (χ2n) is 3.59. The van der Waals surface area contributed by atoms with Gasteiger partial charge < -0.3 is 15.2 Å². The molecule has 98 valence electrons. The van der Waals surface area contributed by atoms with E-state index in [9.17, 15) is 8.42 Å². The van der Waals surface area contributed by atoms with Crippen LogP contribution in [0.5, 0.6) is 0 Å². The van der Waals surface area contributed by atoms with Gasteiger partial charge in [-0.3, -0.25) is 0 Å². The second-order valence-corrected chi connectivity index (χ2v) is 5.89. The van der Waals surface area contributed by atoms with Gasteiger partial charge in [0.1, 0.15) is 0 Å². The SMILES string of the molecule is CCCS(=O)(=O)CCNCCCOCCO. The number of aliphatic hydroxyl groups excluding tert-OH is 1. The number of sulfone groups is 1. The Labute approximate surface area is 98.1 Å². The Morgan fingerprint density at radius 1 is 1.19 bits per heavy atom. The van der Waals surface area contributed by atoms with Gasteiger partial charge in [-0.1, -0.05) is 6.92 Å². The lowest BCUT2D eigenvalue weighted by molar-refractivity contribution is 0.0908. The lowest BCUT2D eigenvalue weighted by Crippen LogP contribution is -2.25. The Bertz CT molecular complexity index is 241. The summed E-state index contributed by atoms with van der Waals surface area (Å²) in [7, 11) is -2.86. The normalized spacial score (nSPS) is 11.9. The van der Waals surface area contributed by atoms with E-state index in [1.54, 1.807) is 0 Å². The van der Waals surface area contributed by atoms with E-state index in [4.69, 9.17) is 9.84 Å². The second kappa shape index (κ2) is 10.0. The summed E-state index contributed by atoms with van der Waals surface area (Å²) in [6.07, 6.45) is 1.51. The van der Waals surface area contributed by atoms with Crippen molar-refractivity contribution in [1.82, 2.24) is 5.32 Å². The molecule has 0 atom stereocenters. The van der Waals surface area contributed by atoms with Gasteiger partial charge >= 0.3 is 0 Å². The lowest BCUT2D eigenvalue weighted by Gasteiger charge is -2.05. The van der Waals surface area contributed by atoms with E-state index >= 15 is 0 Å². The molecule has 0 aromatic carbocycles. The maximum absolute atomic E-state index is 11.3. The van der Waals surface area contributed by atoms with Crippen molar-refractivity contribution in [2.24, 2.45) is 0 Å². The van der Waals surface area contributed by atoms with Crippen molar-refractivity contribution in [1.29, 1.82) is 0 Å². The monoisotopic (exact) mass is 253 g/mol. The molecule has 6 heteroatoms. The van der Waals surface area contributed by atoms with Gasteiger partial charge in [-0.05, 0) is 19.4 Å². The molecule has 5 nitrogen and oxygen atoms in total. The van der Waals surface area contributed by atoms with E-state index < -0.39 is 9.84 Å². The quantitative estimate of drug-likeness (QED) is 0.499. The molecule has 0 saturated heterocycles. The van der Waals surface area contributed by atoms with Crippen LogP contribution in [0, 0.1) is 0 Å². The summed E-state index contributed by atoms with van der Waals surface area (Å²) in [6, 6.07) is 0. The van der Waals surface area contributed by atoms with Crippen molar-refractivity contribution >= 4 is 9.84 Å². The molecule has 0 aliphatic heterocycles. The van der Waals surface area contributed by atoms with E-state index in [-0.39, 0.29) is 18.1 Å². The molecule has 0 fully saturated rings. The molecule has 0 radical (unpaired) electrons. The topological polar surface area (TPSA) is 75.6 Å². The Morgan fingerprint density at radius 3 is 2.56 bits per heavy atom. The minimum Gasteiger partial charge on any atom is -0.394 e.